The molecule has 0 aliphatic rings. The lowest BCUT2D eigenvalue weighted by Gasteiger charge is -2.20. The largest absolute Gasteiger partial charge is 0.493 e. The molecule has 1 aromatic heterocycles. The van der Waals surface area contributed by atoms with Crippen molar-refractivity contribution >= 4 is 17.2 Å². The van der Waals surface area contributed by atoms with Crippen LogP contribution in [0.5, 0.6) is 5.75 Å². The van der Waals surface area contributed by atoms with E-state index in [-0.39, 0.29) is 13.2 Å². The fraction of sp³-hybridized carbons (Fsp3) is 0.524. The molecule has 2 aromatic rings. The number of oxazole rings is 1. The summed E-state index contributed by atoms with van der Waals surface area (Å²) < 4.78 is 29.6. The average molecular weight is 392 g/mol. The summed E-state index contributed by atoms with van der Waals surface area (Å²) in [6.07, 6.45) is 3.17. The molecule has 0 unspecified atom stereocenters. The number of unbranched alkanes of at least 4 members (excludes halogenated alkanes) is 1. The number of nitrogens with one attached hydrogen (secondary N) is 1. The third-order valence-corrected chi connectivity index (χ3v) is 3.85. The minimum absolute atomic E-state index is 0.0662. The van der Waals surface area contributed by atoms with E-state index in [2.05, 4.69) is 17.2 Å². The van der Waals surface area contributed by atoms with Crippen LogP contribution in [0, 0.1) is 0 Å². The van der Waals surface area contributed by atoms with E-state index in [1.165, 1.54) is 0 Å². The van der Waals surface area contributed by atoms with Crippen molar-refractivity contribution in [1.82, 2.24) is 10.3 Å². The molecular weight excluding hydrogens is 363 g/mol. The van der Waals surface area contributed by atoms with Crippen molar-refractivity contribution in [2.45, 2.75) is 59.0 Å². The van der Waals surface area contributed by atoms with Gasteiger partial charge in [0.2, 0.25) is 0 Å². The minimum atomic E-state index is -0.595. The molecule has 0 fully saturated rings. The van der Waals surface area contributed by atoms with Gasteiger partial charge in [0.15, 0.2) is 11.5 Å². The number of aryl methyl sites for hydroxylation is 1. The van der Waals surface area contributed by atoms with Crippen LogP contribution in [0.2, 0.25) is 0 Å². The van der Waals surface area contributed by atoms with E-state index in [0.29, 0.717) is 29.7 Å². The smallest absolute Gasteiger partial charge is 0.407 e. The van der Waals surface area contributed by atoms with Crippen LogP contribution in [0.1, 0.15) is 52.8 Å². The van der Waals surface area contributed by atoms with Crippen molar-refractivity contribution in [3.63, 3.8) is 0 Å². The Labute approximate surface area is 165 Å². The predicted molar refractivity (Wildman–Crippen MR) is 106 cm³/mol. The molecule has 0 aliphatic carbocycles. The Bertz CT molecular complexity index is 808. The quantitative estimate of drug-likeness (QED) is 0.625. The fourth-order valence-corrected chi connectivity index (χ4v) is 2.46. The Balaban J connectivity index is 1.81. The number of halogens is 1. The number of rotatable bonds is 9. The summed E-state index contributed by atoms with van der Waals surface area (Å²) in [5.74, 6) is 1.36. The van der Waals surface area contributed by atoms with E-state index in [9.17, 15) is 9.18 Å². The molecule has 0 saturated heterocycles. The van der Waals surface area contributed by atoms with Crippen molar-refractivity contribution in [3.8, 4) is 5.75 Å². The Hall–Kier alpha value is -2.57. The van der Waals surface area contributed by atoms with Crippen molar-refractivity contribution < 1.29 is 23.1 Å². The second kappa shape index (κ2) is 10.1. The van der Waals surface area contributed by atoms with Crippen LogP contribution in [0.3, 0.4) is 0 Å². The van der Waals surface area contributed by atoms with Gasteiger partial charge < -0.3 is 19.2 Å². The molecule has 1 heterocycles. The molecule has 0 saturated carbocycles. The zero-order valence-corrected chi connectivity index (χ0v) is 17.0. The van der Waals surface area contributed by atoms with E-state index in [0.717, 1.165) is 30.7 Å². The lowest BCUT2D eigenvalue weighted by Crippen LogP contribution is -2.33. The van der Waals surface area contributed by atoms with E-state index in [1.54, 1.807) is 26.8 Å². The lowest BCUT2D eigenvalue weighted by molar-refractivity contribution is 0.0532. The summed E-state index contributed by atoms with van der Waals surface area (Å²) in [6, 6.07) is 5.45. The molecule has 0 radical (unpaired) electrons. The number of carbonyl (C=O) groups is 1. The minimum Gasteiger partial charge on any atom is -0.493 e. The van der Waals surface area contributed by atoms with E-state index < -0.39 is 11.7 Å². The van der Waals surface area contributed by atoms with Crippen LogP contribution in [0.4, 0.5) is 9.18 Å². The van der Waals surface area contributed by atoms with Crippen molar-refractivity contribution in [2.75, 3.05) is 13.2 Å². The molecule has 154 valence electrons. The first-order valence-corrected chi connectivity index (χ1v) is 9.58. The summed E-state index contributed by atoms with van der Waals surface area (Å²) in [4.78, 5) is 16.1. The maximum atomic E-state index is 13.1. The van der Waals surface area contributed by atoms with Gasteiger partial charge in [-0.15, -0.1) is 0 Å². The first kappa shape index (κ1) is 21.7. The van der Waals surface area contributed by atoms with Crippen molar-refractivity contribution in [1.29, 1.82) is 0 Å². The highest BCUT2D eigenvalue weighted by Crippen LogP contribution is 2.23. The zero-order valence-electron chi connectivity index (χ0n) is 17.0. The molecule has 7 heteroatoms. The maximum Gasteiger partial charge on any atom is 0.407 e. The fourth-order valence-electron chi connectivity index (χ4n) is 2.46. The highest BCUT2D eigenvalue weighted by Gasteiger charge is 2.16. The molecule has 1 amide bonds. The summed E-state index contributed by atoms with van der Waals surface area (Å²) in [6.45, 7) is 7.77. The van der Waals surface area contributed by atoms with Gasteiger partial charge >= 0.3 is 6.09 Å². The number of hydrogen-bond acceptors (Lipinski definition) is 5. The van der Waals surface area contributed by atoms with Gasteiger partial charge in [-0.2, -0.15) is 0 Å². The number of fused-ring (bicyclic) bond motifs is 1. The Morgan fingerprint density at radius 1 is 1.36 bits per heavy atom. The van der Waals surface area contributed by atoms with Crippen molar-refractivity contribution in [3.05, 3.63) is 36.0 Å². The van der Waals surface area contributed by atoms with Crippen LogP contribution < -0.4 is 10.1 Å². The third kappa shape index (κ3) is 7.21. The number of amides is 1. The summed E-state index contributed by atoms with van der Waals surface area (Å²) >= 11 is 0. The van der Waals surface area contributed by atoms with Crippen molar-refractivity contribution in [2.24, 2.45) is 0 Å². The van der Waals surface area contributed by atoms with Gasteiger partial charge in [-0.05, 0) is 44.9 Å². The summed E-state index contributed by atoms with van der Waals surface area (Å²) in [5.41, 5.74) is 1.29. The summed E-state index contributed by atoms with van der Waals surface area (Å²) in [7, 11) is 0. The lowest BCUT2D eigenvalue weighted by atomic mass is 10.2. The standard InChI is InChI=1S/C21H29FN2O4/c1-5-6-7-19-24-17-9-8-16(12-18(17)27-19)26-11-10-15(13-22)14-23-20(25)28-21(2,3)4/h8-9,12-13H,5-7,10-11,14H2,1-4H3,(H,23,25)/b15-13-. The maximum absolute atomic E-state index is 13.1. The number of hydrogen-bond donors (Lipinski definition) is 1. The predicted octanol–water partition coefficient (Wildman–Crippen LogP) is 5.32. The van der Waals surface area contributed by atoms with Crippen LogP contribution >= 0.6 is 0 Å². The Morgan fingerprint density at radius 3 is 2.82 bits per heavy atom. The van der Waals surface area contributed by atoms with Crippen LogP contribution in [-0.4, -0.2) is 29.8 Å². The second-order valence-electron chi connectivity index (χ2n) is 7.56. The number of carbonyl (C=O) groups excluding carboxylic acids is 1. The van der Waals surface area contributed by atoms with Gasteiger partial charge in [0, 0.05) is 25.5 Å². The number of ether oxygens (including phenoxy) is 2. The van der Waals surface area contributed by atoms with E-state index in [1.807, 2.05) is 12.1 Å². The highest BCUT2D eigenvalue weighted by molar-refractivity contribution is 5.74. The molecule has 0 atom stereocenters. The molecule has 28 heavy (non-hydrogen) atoms. The zero-order chi connectivity index (χ0) is 20.6. The summed E-state index contributed by atoms with van der Waals surface area (Å²) in [5, 5.41) is 2.53. The van der Waals surface area contributed by atoms with Gasteiger partial charge in [-0.1, -0.05) is 13.3 Å². The average Bonchev–Trinajstić information content (AvgIpc) is 3.03. The molecule has 0 aliphatic heterocycles. The van der Waals surface area contributed by atoms with Gasteiger partial charge in [-0.3, -0.25) is 0 Å². The third-order valence-electron chi connectivity index (χ3n) is 3.85. The second-order valence-corrected chi connectivity index (χ2v) is 7.56. The van der Waals surface area contributed by atoms with Gasteiger partial charge in [-0.25, -0.2) is 14.2 Å². The number of benzene rings is 1. The SMILES string of the molecule is CCCCc1nc2ccc(OCC/C(=C/F)CNC(=O)OC(C)(C)C)cc2o1. The van der Waals surface area contributed by atoms with Gasteiger partial charge in [0.1, 0.15) is 16.9 Å². The molecule has 6 nitrogen and oxygen atoms in total. The first-order valence-electron chi connectivity index (χ1n) is 9.58. The van der Waals surface area contributed by atoms with E-state index in [4.69, 9.17) is 13.9 Å². The Morgan fingerprint density at radius 2 is 2.14 bits per heavy atom. The number of aromatic nitrogens is 1. The van der Waals surface area contributed by atoms with E-state index >= 15 is 0 Å². The Kier molecular flexibility index (Phi) is 7.84. The number of alkyl carbamates (subject to hydrolysis) is 1. The number of nitrogens with zero attached hydrogens (tertiary/aromatic N) is 1. The van der Waals surface area contributed by atoms with Crippen LogP contribution in [0.25, 0.3) is 11.1 Å². The van der Waals surface area contributed by atoms with Gasteiger partial charge in [0.25, 0.3) is 0 Å². The normalized spacial score (nSPS) is 12.2. The molecule has 2 rings (SSSR count). The molecule has 1 N–H and O–H groups in total. The highest BCUT2D eigenvalue weighted by atomic mass is 19.1. The van der Waals surface area contributed by atoms with Gasteiger partial charge in [0.05, 0.1) is 12.9 Å². The first-order chi connectivity index (χ1) is 13.3. The molecule has 1 aromatic carbocycles. The topological polar surface area (TPSA) is 73.6 Å². The molecular formula is C21H29FN2O4. The monoisotopic (exact) mass is 392 g/mol. The van der Waals surface area contributed by atoms with Crippen LogP contribution in [-0.2, 0) is 11.2 Å². The van der Waals surface area contributed by atoms with Crippen LogP contribution in [0.15, 0.2) is 34.5 Å². The molecule has 0 bridgehead atoms. The molecule has 0 spiro atoms.